The second-order valence-electron chi connectivity index (χ2n) is 6.21. The lowest BCUT2D eigenvalue weighted by Gasteiger charge is -2.05. The smallest absolute Gasteiger partial charge is 0.303 e. The molecule has 0 fully saturated rings. The van der Waals surface area contributed by atoms with Crippen LogP contribution in [0.15, 0.2) is 33.7 Å². The van der Waals surface area contributed by atoms with E-state index in [2.05, 4.69) is 0 Å². The van der Waals surface area contributed by atoms with Gasteiger partial charge in [0.15, 0.2) is 9.38 Å². The molecule has 0 atom stereocenters. The van der Waals surface area contributed by atoms with Gasteiger partial charge in [-0.15, -0.1) is 11.3 Å². The zero-order valence-corrected chi connectivity index (χ0v) is 16.4. The van der Waals surface area contributed by atoms with Crippen LogP contribution in [0.2, 0.25) is 0 Å². The van der Waals surface area contributed by atoms with Gasteiger partial charge in [-0.3, -0.25) is 14.2 Å². The van der Waals surface area contributed by atoms with Gasteiger partial charge in [0.25, 0.3) is 0 Å². The number of hydrogen-bond donors (Lipinski definition) is 2. The van der Waals surface area contributed by atoms with Gasteiger partial charge in [-0.05, 0) is 42.8 Å². The number of carboxylic acids is 1. The van der Waals surface area contributed by atoms with Crippen LogP contribution in [-0.2, 0) is 24.2 Å². The predicted octanol–water partition coefficient (Wildman–Crippen LogP) is 4.11. The van der Waals surface area contributed by atoms with E-state index in [1.54, 1.807) is 6.07 Å². The van der Waals surface area contributed by atoms with Crippen LogP contribution in [-0.4, -0.2) is 20.7 Å². The number of benzene rings is 1. The summed E-state index contributed by atoms with van der Waals surface area (Å²) in [7, 11) is 0. The number of carbonyl (C=O) groups is 1. The minimum atomic E-state index is -0.892. The van der Waals surface area contributed by atoms with Crippen LogP contribution in [0.4, 0.5) is 0 Å². The van der Waals surface area contributed by atoms with Gasteiger partial charge >= 0.3 is 5.97 Å². The number of carboxylic acid groups (broad SMARTS) is 1. The average Bonchev–Trinajstić information content (AvgIpc) is 2.91. The molecule has 0 radical (unpaired) electrons. The normalized spacial score (nSPS) is 11.1. The molecule has 0 amide bonds. The average molecular weight is 405 g/mol. The third-order valence-electron chi connectivity index (χ3n) is 4.38. The Hall–Kier alpha value is -2.45. The van der Waals surface area contributed by atoms with Crippen LogP contribution in [0, 0.1) is 3.95 Å². The van der Waals surface area contributed by atoms with E-state index in [-0.39, 0.29) is 24.2 Å². The van der Waals surface area contributed by atoms with E-state index >= 15 is 0 Å². The van der Waals surface area contributed by atoms with Crippen molar-refractivity contribution in [2.45, 2.75) is 39.2 Å². The van der Waals surface area contributed by atoms with Gasteiger partial charge in [0.05, 0.1) is 16.5 Å². The van der Waals surface area contributed by atoms with Gasteiger partial charge < -0.3 is 14.6 Å². The van der Waals surface area contributed by atoms with Gasteiger partial charge in [0.1, 0.15) is 5.58 Å². The molecule has 142 valence electrons. The summed E-state index contributed by atoms with van der Waals surface area (Å²) in [6.45, 7) is 2.34. The molecule has 3 aromatic rings. The minimum Gasteiger partial charge on any atom is -0.494 e. The molecule has 0 bridgehead atoms. The van der Waals surface area contributed by atoms with Crippen molar-refractivity contribution >= 4 is 40.5 Å². The first-order valence-corrected chi connectivity index (χ1v) is 9.79. The molecule has 0 aliphatic rings. The van der Waals surface area contributed by atoms with Crippen LogP contribution in [0.5, 0.6) is 5.88 Å². The quantitative estimate of drug-likeness (QED) is 0.575. The summed E-state index contributed by atoms with van der Waals surface area (Å²) in [5, 5.41) is 19.7. The van der Waals surface area contributed by atoms with Crippen LogP contribution >= 0.6 is 23.6 Å². The maximum absolute atomic E-state index is 12.8. The Morgan fingerprint density at radius 2 is 2.15 bits per heavy atom. The third-order valence-corrected chi connectivity index (χ3v) is 5.81. The molecular weight excluding hydrogens is 386 g/mol. The topological polar surface area (TPSA) is 92.7 Å². The molecule has 3 rings (SSSR count). The number of aromatic nitrogens is 1. The van der Waals surface area contributed by atoms with E-state index in [0.29, 0.717) is 38.3 Å². The van der Waals surface area contributed by atoms with E-state index < -0.39 is 5.97 Å². The molecule has 6 nitrogen and oxygen atoms in total. The summed E-state index contributed by atoms with van der Waals surface area (Å²) in [5.41, 5.74) is 1.90. The predicted molar refractivity (Wildman–Crippen MR) is 106 cm³/mol. The number of aliphatic carboxylic acids is 1. The number of rotatable bonds is 7. The molecule has 0 spiro atoms. The van der Waals surface area contributed by atoms with Gasteiger partial charge in [-0.25, -0.2) is 0 Å². The van der Waals surface area contributed by atoms with Crippen molar-refractivity contribution in [3.63, 3.8) is 0 Å². The maximum atomic E-state index is 12.8. The van der Waals surface area contributed by atoms with Crippen molar-refractivity contribution in [1.29, 1.82) is 0 Å². The molecule has 0 unspecified atom stereocenters. The molecule has 8 heteroatoms. The van der Waals surface area contributed by atoms with Crippen LogP contribution in [0.1, 0.15) is 35.8 Å². The molecule has 2 aromatic heterocycles. The van der Waals surface area contributed by atoms with Crippen molar-refractivity contribution < 1.29 is 19.4 Å². The zero-order valence-electron chi connectivity index (χ0n) is 14.7. The summed E-state index contributed by atoms with van der Waals surface area (Å²) < 4.78 is 7.55. The molecule has 0 aliphatic carbocycles. The highest BCUT2D eigenvalue weighted by molar-refractivity contribution is 7.73. The van der Waals surface area contributed by atoms with Gasteiger partial charge in [0, 0.05) is 24.9 Å². The van der Waals surface area contributed by atoms with Gasteiger partial charge in [-0.2, -0.15) is 0 Å². The molecule has 0 saturated carbocycles. The number of nitrogens with zero attached hydrogens (tertiary/aromatic N) is 1. The highest BCUT2D eigenvalue weighted by atomic mass is 32.1. The van der Waals surface area contributed by atoms with Crippen LogP contribution < -0.4 is 5.43 Å². The largest absolute Gasteiger partial charge is 0.494 e. The van der Waals surface area contributed by atoms with Crippen molar-refractivity contribution in [2.24, 2.45) is 0 Å². The second kappa shape index (κ2) is 8.06. The third kappa shape index (κ3) is 4.12. The van der Waals surface area contributed by atoms with Crippen LogP contribution in [0.25, 0.3) is 11.0 Å². The van der Waals surface area contributed by atoms with Crippen molar-refractivity contribution in [1.82, 2.24) is 4.57 Å². The fraction of sp³-hybridized carbons (Fsp3) is 0.316. The standard InChI is InChI=1S/C19H19NO5S2/c1-2-11-5-6-14-13(8-11)17(23)12(10-25-14)9-15-18(24)20(19(26)27-15)7-3-4-16(21)22/h5-6,8,10,24H,2-4,7,9H2,1H3,(H,21,22). The highest BCUT2D eigenvalue weighted by Gasteiger charge is 2.16. The Labute approximate surface area is 164 Å². The molecule has 1 aromatic carbocycles. The van der Waals surface area contributed by atoms with Crippen molar-refractivity contribution in [3.8, 4) is 5.88 Å². The molecule has 2 N–H and O–H groups in total. The molecule has 27 heavy (non-hydrogen) atoms. The number of hydrogen-bond acceptors (Lipinski definition) is 6. The molecule has 2 heterocycles. The zero-order chi connectivity index (χ0) is 19.6. The fourth-order valence-electron chi connectivity index (χ4n) is 2.88. The van der Waals surface area contributed by atoms with Crippen LogP contribution in [0.3, 0.4) is 0 Å². The molecular formula is C19H19NO5S2. The first kappa shape index (κ1) is 19.3. The van der Waals surface area contributed by atoms with E-state index in [4.69, 9.17) is 21.7 Å². The van der Waals surface area contributed by atoms with Gasteiger partial charge in [-0.1, -0.05) is 13.0 Å². The van der Waals surface area contributed by atoms with Crippen molar-refractivity contribution in [3.05, 3.63) is 54.6 Å². The number of aromatic hydroxyl groups is 1. The Kier molecular flexibility index (Phi) is 5.76. The molecule has 0 saturated heterocycles. The van der Waals surface area contributed by atoms with E-state index in [1.807, 2.05) is 19.1 Å². The Bertz CT molecular complexity index is 1110. The summed E-state index contributed by atoms with van der Waals surface area (Å²) in [6, 6.07) is 5.56. The first-order valence-electron chi connectivity index (χ1n) is 8.57. The number of aryl methyl sites for hydroxylation is 1. The van der Waals surface area contributed by atoms with E-state index in [9.17, 15) is 14.7 Å². The van der Waals surface area contributed by atoms with Crippen molar-refractivity contribution in [2.75, 3.05) is 0 Å². The van der Waals surface area contributed by atoms with E-state index in [1.165, 1.54) is 22.2 Å². The summed E-state index contributed by atoms with van der Waals surface area (Å²) in [6.07, 6.45) is 2.82. The monoisotopic (exact) mass is 405 g/mol. The lowest BCUT2D eigenvalue weighted by Crippen LogP contribution is -2.09. The first-order chi connectivity index (χ1) is 12.9. The number of thiazole rings is 1. The van der Waals surface area contributed by atoms with E-state index in [0.717, 1.165) is 12.0 Å². The Morgan fingerprint density at radius 1 is 1.37 bits per heavy atom. The maximum Gasteiger partial charge on any atom is 0.303 e. The minimum absolute atomic E-state index is 0.000415. The summed E-state index contributed by atoms with van der Waals surface area (Å²) in [4.78, 5) is 24.0. The SMILES string of the molecule is CCc1ccc2occ(Cc3sc(=S)n(CCCC(=O)O)c3O)c(=O)c2c1. The second-order valence-corrected chi connectivity index (χ2v) is 7.94. The Morgan fingerprint density at radius 3 is 2.85 bits per heavy atom. The highest BCUT2D eigenvalue weighted by Crippen LogP contribution is 2.29. The number of fused-ring (bicyclic) bond motifs is 1. The lowest BCUT2D eigenvalue weighted by atomic mass is 10.1. The molecule has 0 aliphatic heterocycles. The summed E-state index contributed by atoms with van der Waals surface area (Å²) in [5.74, 6) is -0.908. The Balaban J connectivity index is 1.91. The lowest BCUT2D eigenvalue weighted by molar-refractivity contribution is -0.137. The summed E-state index contributed by atoms with van der Waals surface area (Å²) >= 11 is 6.49. The fourth-order valence-corrected chi connectivity index (χ4v) is 4.28. The van der Waals surface area contributed by atoms with Gasteiger partial charge in [0.2, 0.25) is 5.88 Å².